The molecule has 0 unspecified atom stereocenters. The molecule has 1 amide bonds. The summed E-state index contributed by atoms with van der Waals surface area (Å²) in [7, 11) is 0. The van der Waals surface area contributed by atoms with Crippen molar-refractivity contribution >= 4 is 11.6 Å². The molecule has 0 atom stereocenters. The maximum Gasteiger partial charge on any atom is 0.224 e. The molecule has 0 aromatic heterocycles. The summed E-state index contributed by atoms with van der Waals surface area (Å²) < 4.78 is 0. The van der Waals surface area contributed by atoms with Crippen LogP contribution in [0.15, 0.2) is 24.3 Å². The van der Waals surface area contributed by atoms with Crippen molar-refractivity contribution < 1.29 is 4.79 Å². The van der Waals surface area contributed by atoms with Crippen LogP contribution in [0.4, 0.5) is 5.69 Å². The Balaban J connectivity index is 2.56. The van der Waals surface area contributed by atoms with Gasteiger partial charge in [0.25, 0.3) is 0 Å². The average molecular weight is 229 g/mol. The zero-order valence-corrected chi connectivity index (χ0v) is 10.5. The summed E-state index contributed by atoms with van der Waals surface area (Å²) in [5.41, 5.74) is 1.83. The SMILES string of the molecule is CCCC#Cc1ccc(NC(=O)CCC)cc1. The summed E-state index contributed by atoms with van der Waals surface area (Å²) >= 11 is 0. The van der Waals surface area contributed by atoms with Gasteiger partial charge in [-0.15, -0.1) is 0 Å². The van der Waals surface area contributed by atoms with E-state index in [1.807, 2.05) is 31.2 Å². The van der Waals surface area contributed by atoms with Crippen LogP contribution in [-0.4, -0.2) is 5.91 Å². The third-order valence-corrected chi connectivity index (χ3v) is 2.25. The standard InChI is InChI=1S/C15H19NO/c1-3-5-6-8-13-9-11-14(12-10-13)16-15(17)7-4-2/h9-12H,3-5,7H2,1-2H3,(H,16,17). The summed E-state index contributed by atoms with van der Waals surface area (Å²) in [6, 6.07) is 7.65. The van der Waals surface area contributed by atoms with Crippen molar-refractivity contribution in [2.24, 2.45) is 0 Å². The smallest absolute Gasteiger partial charge is 0.224 e. The lowest BCUT2D eigenvalue weighted by atomic mass is 10.2. The Morgan fingerprint density at radius 3 is 2.47 bits per heavy atom. The van der Waals surface area contributed by atoms with Crippen LogP contribution in [0, 0.1) is 11.8 Å². The van der Waals surface area contributed by atoms with Crippen LogP contribution in [0.1, 0.15) is 45.1 Å². The van der Waals surface area contributed by atoms with Crippen LogP contribution in [0.3, 0.4) is 0 Å². The molecule has 1 N–H and O–H groups in total. The maximum atomic E-state index is 11.4. The molecule has 2 nitrogen and oxygen atoms in total. The van der Waals surface area contributed by atoms with E-state index in [4.69, 9.17) is 0 Å². The molecule has 1 aromatic rings. The fourth-order valence-corrected chi connectivity index (χ4v) is 1.38. The molecule has 0 fully saturated rings. The summed E-state index contributed by atoms with van der Waals surface area (Å²) in [5, 5.41) is 2.85. The Morgan fingerprint density at radius 2 is 1.88 bits per heavy atom. The number of hydrogen-bond donors (Lipinski definition) is 1. The van der Waals surface area contributed by atoms with Crippen LogP contribution in [0.5, 0.6) is 0 Å². The number of carbonyl (C=O) groups is 1. The van der Waals surface area contributed by atoms with E-state index in [-0.39, 0.29) is 5.91 Å². The Hall–Kier alpha value is -1.75. The molecule has 0 aliphatic heterocycles. The van der Waals surface area contributed by atoms with Gasteiger partial charge in [-0.1, -0.05) is 25.7 Å². The van der Waals surface area contributed by atoms with Gasteiger partial charge in [-0.05, 0) is 37.1 Å². The number of unbranched alkanes of at least 4 members (excludes halogenated alkanes) is 1. The number of benzene rings is 1. The minimum Gasteiger partial charge on any atom is -0.326 e. The molecule has 0 saturated heterocycles. The zero-order valence-electron chi connectivity index (χ0n) is 10.5. The van der Waals surface area contributed by atoms with Crippen molar-refractivity contribution in [3.8, 4) is 11.8 Å². The van der Waals surface area contributed by atoms with Gasteiger partial charge in [-0.25, -0.2) is 0 Å². The molecule has 1 aromatic carbocycles. The van der Waals surface area contributed by atoms with E-state index in [1.165, 1.54) is 0 Å². The van der Waals surface area contributed by atoms with Gasteiger partial charge < -0.3 is 5.32 Å². The van der Waals surface area contributed by atoms with E-state index in [0.29, 0.717) is 6.42 Å². The molecular formula is C15H19NO. The lowest BCUT2D eigenvalue weighted by Gasteiger charge is -2.03. The Bertz CT molecular complexity index is 409. The minimum absolute atomic E-state index is 0.0670. The van der Waals surface area contributed by atoms with Crippen LogP contribution >= 0.6 is 0 Å². The number of carbonyl (C=O) groups excluding carboxylic acids is 1. The lowest BCUT2D eigenvalue weighted by molar-refractivity contribution is -0.116. The first-order valence-electron chi connectivity index (χ1n) is 6.15. The first kappa shape index (κ1) is 13.3. The van der Waals surface area contributed by atoms with Gasteiger partial charge >= 0.3 is 0 Å². The van der Waals surface area contributed by atoms with E-state index in [1.54, 1.807) is 0 Å². The first-order chi connectivity index (χ1) is 8.26. The van der Waals surface area contributed by atoms with Gasteiger partial charge in [0.2, 0.25) is 5.91 Å². The molecule has 0 heterocycles. The second-order valence-corrected chi connectivity index (χ2v) is 3.93. The third-order valence-electron chi connectivity index (χ3n) is 2.25. The monoisotopic (exact) mass is 229 g/mol. The van der Waals surface area contributed by atoms with Crippen LogP contribution in [0.25, 0.3) is 0 Å². The molecule has 0 aliphatic carbocycles. The van der Waals surface area contributed by atoms with Gasteiger partial charge in [0.1, 0.15) is 0 Å². The van der Waals surface area contributed by atoms with Crippen molar-refractivity contribution in [1.29, 1.82) is 0 Å². The number of hydrogen-bond acceptors (Lipinski definition) is 1. The topological polar surface area (TPSA) is 29.1 Å². The van der Waals surface area contributed by atoms with Gasteiger partial charge in [0, 0.05) is 24.1 Å². The highest BCUT2D eigenvalue weighted by molar-refractivity contribution is 5.90. The highest BCUT2D eigenvalue weighted by atomic mass is 16.1. The Kier molecular flexibility index (Phi) is 5.88. The second-order valence-electron chi connectivity index (χ2n) is 3.93. The van der Waals surface area contributed by atoms with E-state index in [2.05, 4.69) is 24.1 Å². The molecule has 1 rings (SSSR count). The molecular weight excluding hydrogens is 210 g/mol. The highest BCUT2D eigenvalue weighted by Gasteiger charge is 1.99. The quantitative estimate of drug-likeness (QED) is 0.786. The maximum absolute atomic E-state index is 11.4. The van der Waals surface area contributed by atoms with Crippen molar-refractivity contribution in [3.05, 3.63) is 29.8 Å². The first-order valence-corrected chi connectivity index (χ1v) is 6.15. The summed E-state index contributed by atoms with van der Waals surface area (Å²) in [4.78, 5) is 11.4. The van der Waals surface area contributed by atoms with Crippen molar-refractivity contribution in [2.75, 3.05) is 5.32 Å². The number of rotatable bonds is 4. The molecule has 17 heavy (non-hydrogen) atoms. The predicted molar refractivity (Wildman–Crippen MR) is 71.8 cm³/mol. The average Bonchev–Trinajstić information content (AvgIpc) is 2.32. The largest absolute Gasteiger partial charge is 0.326 e. The van der Waals surface area contributed by atoms with Gasteiger partial charge in [-0.2, -0.15) is 0 Å². The number of anilines is 1. The molecule has 0 bridgehead atoms. The van der Waals surface area contributed by atoms with E-state index in [9.17, 15) is 4.79 Å². The Morgan fingerprint density at radius 1 is 1.18 bits per heavy atom. The predicted octanol–water partition coefficient (Wildman–Crippen LogP) is 3.58. The fraction of sp³-hybridized carbons (Fsp3) is 0.400. The minimum atomic E-state index is 0.0670. The molecule has 0 spiro atoms. The van der Waals surface area contributed by atoms with Gasteiger partial charge in [0.15, 0.2) is 0 Å². The van der Waals surface area contributed by atoms with Crippen LogP contribution in [0.2, 0.25) is 0 Å². The van der Waals surface area contributed by atoms with Crippen molar-refractivity contribution in [3.63, 3.8) is 0 Å². The zero-order chi connectivity index (χ0) is 12.5. The van der Waals surface area contributed by atoms with E-state index >= 15 is 0 Å². The second kappa shape index (κ2) is 7.51. The van der Waals surface area contributed by atoms with E-state index in [0.717, 1.165) is 30.5 Å². The van der Waals surface area contributed by atoms with Crippen molar-refractivity contribution in [1.82, 2.24) is 0 Å². The lowest BCUT2D eigenvalue weighted by Crippen LogP contribution is -2.10. The molecule has 90 valence electrons. The number of nitrogens with one attached hydrogen (secondary N) is 1. The molecule has 2 heteroatoms. The van der Waals surface area contributed by atoms with Crippen LogP contribution < -0.4 is 5.32 Å². The Labute approximate surface area is 103 Å². The van der Waals surface area contributed by atoms with Gasteiger partial charge in [-0.3, -0.25) is 4.79 Å². The van der Waals surface area contributed by atoms with Crippen LogP contribution in [-0.2, 0) is 4.79 Å². The fourth-order valence-electron chi connectivity index (χ4n) is 1.38. The summed E-state index contributed by atoms with van der Waals surface area (Å²) in [5.74, 6) is 6.25. The van der Waals surface area contributed by atoms with Gasteiger partial charge in [0.05, 0.1) is 0 Å². The number of amides is 1. The van der Waals surface area contributed by atoms with E-state index < -0.39 is 0 Å². The summed E-state index contributed by atoms with van der Waals surface area (Å²) in [6.45, 7) is 4.10. The highest BCUT2D eigenvalue weighted by Crippen LogP contribution is 2.09. The normalized spacial score (nSPS) is 9.29. The third kappa shape index (κ3) is 5.21. The molecule has 0 saturated carbocycles. The van der Waals surface area contributed by atoms with Crippen molar-refractivity contribution in [2.45, 2.75) is 39.5 Å². The molecule has 0 radical (unpaired) electrons. The molecule has 0 aliphatic rings. The summed E-state index contributed by atoms with van der Waals surface area (Å²) in [6.07, 6.45) is 3.44.